The van der Waals surface area contributed by atoms with Crippen LogP contribution >= 0.6 is 0 Å². The summed E-state index contributed by atoms with van der Waals surface area (Å²) in [5, 5.41) is 3.30. The van der Waals surface area contributed by atoms with Crippen molar-refractivity contribution in [2.24, 2.45) is 0 Å². The smallest absolute Gasteiger partial charge is 0.322 e. The van der Waals surface area contributed by atoms with Crippen molar-refractivity contribution in [2.45, 2.75) is 43.7 Å². The standard InChI is InChI=1S/C25H34N6O3S/c1-19-21(17-26-22(27-19)30-13-15-35(33,34)16-14-30)31-18-24(28-23(31)32)9-11-25(12-10-24,29(2)3)20-7-5-4-6-8-20/h4-8,17H,9-16,18H2,1-3H3,(H,28,32)/t24-,25+. The Balaban J connectivity index is 1.31. The minimum atomic E-state index is -2.97. The Kier molecular flexibility index (Phi) is 5.99. The van der Waals surface area contributed by atoms with Gasteiger partial charge in [-0.1, -0.05) is 30.3 Å². The van der Waals surface area contributed by atoms with Gasteiger partial charge in [-0.2, -0.15) is 0 Å². The zero-order chi connectivity index (χ0) is 24.8. The number of hydrogen-bond donors (Lipinski definition) is 1. The molecule has 188 valence electrons. The van der Waals surface area contributed by atoms with E-state index in [4.69, 9.17) is 0 Å². The van der Waals surface area contributed by atoms with E-state index in [-0.39, 0.29) is 28.6 Å². The fourth-order valence-corrected chi connectivity index (χ4v) is 7.05. The highest BCUT2D eigenvalue weighted by Gasteiger charge is 2.50. The molecule has 1 aliphatic carbocycles. The van der Waals surface area contributed by atoms with E-state index in [0.717, 1.165) is 31.4 Å². The van der Waals surface area contributed by atoms with Crippen LogP contribution in [0.15, 0.2) is 36.5 Å². The van der Waals surface area contributed by atoms with Gasteiger partial charge in [0.15, 0.2) is 9.84 Å². The van der Waals surface area contributed by atoms with Gasteiger partial charge in [-0.05, 0) is 52.3 Å². The third-order valence-corrected chi connectivity index (χ3v) is 9.75. The summed E-state index contributed by atoms with van der Waals surface area (Å²) in [6, 6.07) is 10.5. The fraction of sp³-hybridized carbons (Fsp3) is 0.560. The van der Waals surface area contributed by atoms with Crippen LogP contribution in [-0.4, -0.2) is 80.1 Å². The number of carbonyl (C=O) groups is 1. The number of rotatable bonds is 4. The van der Waals surface area contributed by atoms with Crippen LogP contribution in [0, 0.1) is 6.92 Å². The van der Waals surface area contributed by atoms with Crippen LogP contribution in [0.25, 0.3) is 0 Å². The van der Waals surface area contributed by atoms with Crippen molar-refractivity contribution in [3.05, 3.63) is 47.8 Å². The predicted octanol–water partition coefficient (Wildman–Crippen LogP) is 2.32. The van der Waals surface area contributed by atoms with Crippen molar-refractivity contribution in [3.8, 4) is 0 Å². The zero-order valence-electron chi connectivity index (χ0n) is 20.7. The first-order valence-corrected chi connectivity index (χ1v) is 14.1. The second-order valence-corrected chi connectivity index (χ2v) is 12.7. The number of anilines is 2. The number of nitrogens with zero attached hydrogens (tertiary/aromatic N) is 5. The SMILES string of the molecule is Cc1nc(N2CCS(=O)(=O)CC2)ncc1N1C[C@]2(CC[C@](c3ccccc3)(N(C)C)CC2)NC1=O. The minimum Gasteiger partial charge on any atom is -0.339 e. The molecule has 1 aromatic carbocycles. The molecule has 9 nitrogen and oxygen atoms in total. The Morgan fingerprint density at radius 3 is 2.29 bits per heavy atom. The van der Waals surface area contributed by atoms with E-state index in [0.29, 0.717) is 31.3 Å². The number of hydrogen-bond acceptors (Lipinski definition) is 7. The lowest BCUT2D eigenvalue weighted by atomic mass is 9.69. The van der Waals surface area contributed by atoms with Gasteiger partial charge in [0.2, 0.25) is 5.95 Å². The lowest BCUT2D eigenvalue weighted by Gasteiger charge is -2.48. The van der Waals surface area contributed by atoms with Crippen LogP contribution in [0.2, 0.25) is 0 Å². The number of aryl methyl sites for hydroxylation is 1. The van der Waals surface area contributed by atoms with E-state index in [1.54, 1.807) is 11.1 Å². The number of carbonyl (C=O) groups excluding carboxylic acids is 1. The zero-order valence-corrected chi connectivity index (χ0v) is 21.5. The van der Waals surface area contributed by atoms with Crippen molar-refractivity contribution in [2.75, 3.05) is 55.0 Å². The average molecular weight is 499 g/mol. The van der Waals surface area contributed by atoms with Crippen LogP contribution in [-0.2, 0) is 15.4 Å². The molecule has 3 aliphatic rings. The Labute approximate surface area is 207 Å². The molecule has 0 bridgehead atoms. The second kappa shape index (κ2) is 8.74. The van der Waals surface area contributed by atoms with Gasteiger partial charge < -0.3 is 10.2 Å². The lowest BCUT2D eigenvalue weighted by Crippen LogP contribution is -2.54. The summed E-state index contributed by atoms with van der Waals surface area (Å²) in [5.74, 6) is 0.754. The van der Waals surface area contributed by atoms with Gasteiger partial charge in [0, 0.05) is 18.6 Å². The average Bonchev–Trinajstić information content (AvgIpc) is 3.15. The monoisotopic (exact) mass is 498 g/mol. The highest BCUT2D eigenvalue weighted by molar-refractivity contribution is 7.91. The normalized spacial score (nSPS) is 28.5. The van der Waals surface area contributed by atoms with Crippen molar-refractivity contribution >= 4 is 27.5 Å². The molecule has 5 rings (SSSR count). The van der Waals surface area contributed by atoms with Crippen LogP contribution in [0.3, 0.4) is 0 Å². The first kappa shape index (κ1) is 24.0. The molecule has 1 N–H and O–H groups in total. The van der Waals surface area contributed by atoms with Crippen LogP contribution in [0.1, 0.15) is 36.9 Å². The summed E-state index contributed by atoms with van der Waals surface area (Å²) in [6.07, 6.45) is 5.41. The number of sulfone groups is 1. The third kappa shape index (κ3) is 4.38. The molecule has 2 aliphatic heterocycles. The quantitative estimate of drug-likeness (QED) is 0.691. The molecule has 0 atom stereocenters. The molecule has 3 fully saturated rings. The molecule has 1 aromatic heterocycles. The molecule has 0 unspecified atom stereocenters. The first-order valence-electron chi connectivity index (χ1n) is 12.2. The maximum Gasteiger partial charge on any atom is 0.322 e. The second-order valence-electron chi connectivity index (χ2n) is 10.4. The minimum absolute atomic E-state index is 0.0345. The molecular formula is C25H34N6O3S. The third-order valence-electron chi connectivity index (χ3n) is 8.14. The van der Waals surface area contributed by atoms with Crippen LogP contribution in [0.4, 0.5) is 16.4 Å². The summed E-state index contributed by atoms with van der Waals surface area (Å²) >= 11 is 0. The molecular weight excluding hydrogens is 464 g/mol. The number of amides is 2. The van der Waals surface area contributed by atoms with Crippen LogP contribution < -0.4 is 15.1 Å². The van der Waals surface area contributed by atoms with Gasteiger partial charge in [-0.3, -0.25) is 9.80 Å². The summed E-state index contributed by atoms with van der Waals surface area (Å²) < 4.78 is 23.5. The topological polar surface area (TPSA) is 98.7 Å². The molecule has 1 saturated carbocycles. The highest BCUT2D eigenvalue weighted by atomic mass is 32.2. The van der Waals surface area contributed by atoms with E-state index >= 15 is 0 Å². The molecule has 35 heavy (non-hydrogen) atoms. The largest absolute Gasteiger partial charge is 0.339 e. The summed E-state index contributed by atoms with van der Waals surface area (Å²) in [7, 11) is 1.32. The summed E-state index contributed by atoms with van der Waals surface area (Å²) in [5.41, 5.74) is 2.45. The van der Waals surface area contributed by atoms with Crippen molar-refractivity contribution in [3.63, 3.8) is 0 Å². The molecule has 3 heterocycles. The molecule has 10 heteroatoms. The molecule has 1 spiro atoms. The lowest BCUT2D eigenvalue weighted by molar-refractivity contribution is 0.0658. The van der Waals surface area contributed by atoms with Gasteiger partial charge in [0.1, 0.15) is 0 Å². The van der Waals surface area contributed by atoms with Crippen LogP contribution in [0.5, 0.6) is 0 Å². The summed E-state index contributed by atoms with van der Waals surface area (Å²) in [4.78, 5) is 28.2. The number of nitrogens with one attached hydrogen (secondary N) is 1. The van der Waals surface area contributed by atoms with Gasteiger partial charge in [0.05, 0.1) is 41.2 Å². The van der Waals surface area contributed by atoms with Crippen molar-refractivity contribution < 1.29 is 13.2 Å². The van der Waals surface area contributed by atoms with E-state index in [2.05, 4.69) is 64.6 Å². The molecule has 2 saturated heterocycles. The van der Waals surface area contributed by atoms with Crippen molar-refractivity contribution in [1.82, 2.24) is 20.2 Å². The van der Waals surface area contributed by atoms with Gasteiger partial charge in [-0.15, -0.1) is 0 Å². The molecule has 0 radical (unpaired) electrons. The van der Waals surface area contributed by atoms with Gasteiger partial charge in [-0.25, -0.2) is 23.2 Å². The van der Waals surface area contributed by atoms with E-state index in [9.17, 15) is 13.2 Å². The van der Waals surface area contributed by atoms with E-state index < -0.39 is 9.84 Å². The Morgan fingerprint density at radius 2 is 1.69 bits per heavy atom. The van der Waals surface area contributed by atoms with E-state index in [1.807, 2.05) is 11.8 Å². The predicted molar refractivity (Wildman–Crippen MR) is 137 cm³/mol. The maximum atomic E-state index is 13.1. The Bertz CT molecular complexity index is 1190. The molecule has 2 amide bonds. The number of urea groups is 1. The first-order chi connectivity index (χ1) is 16.6. The maximum absolute atomic E-state index is 13.1. The molecule has 2 aromatic rings. The Hall–Kier alpha value is -2.72. The fourth-order valence-electron chi connectivity index (χ4n) is 5.85. The van der Waals surface area contributed by atoms with Gasteiger partial charge >= 0.3 is 6.03 Å². The van der Waals surface area contributed by atoms with Crippen molar-refractivity contribution in [1.29, 1.82) is 0 Å². The summed E-state index contributed by atoms with van der Waals surface area (Å²) in [6.45, 7) is 3.26. The van der Waals surface area contributed by atoms with Gasteiger partial charge in [0.25, 0.3) is 0 Å². The van der Waals surface area contributed by atoms with E-state index in [1.165, 1.54) is 5.56 Å². The Morgan fingerprint density at radius 1 is 1.03 bits per heavy atom. The number of aromatic nitrogens is 2. The number of benzene rings is 1. The highest BCUT2D eigenvalue weighted by Crippen LogP contribution is 2.46.